The van der Waals surface area contributed by atoms with E-state index in [1.165, 1.54) is 14.4 Å². The summed E-state index contributed by atoms with van der Waals surface area (Å²) in [6, 6.07) is 17.0. The Kier molecular flexibility index (Phi) is 2.75. The zero-order valence-corrected chi connectivity index (χ0v) is 12.1. The molecule has 0 saturated carbocycles. The first-order valence-electron chi connectivity index (χ1n) is 5.20. The van der Waals surface area contributed by atoms with Gasteiger partial charge < -0.3 is 0 Å². The van der Waals surface area contributed by atoms with Crippen LogP contribution in [0.15, 0.2) is 53.5 Å². The Morgan fingerprint density at radius 1 is 0.812 bits per heavy atom. The molecule has 2 aromatic rings. The second-order valence-electron chi connectivity index (χ2n) is 3.63. The zero-order chi connectivity index (χ0) is 10.8. The Morgan fingerprint density at radius 3 is 2.50 bits per heavy atom. The molecule has 0 radical (unpaired) electrons. The Balaban J connectivity index is 2.18. The average Bonchev–Trinajstić information content (AvgIpc) is 2.32. The third-order valence-electron chi connectivity index (χ3n) is 2.56. The summed E-state index contributed by atoms with van der Waals surface area (Å²) in [5, 5.41) is 0. The van der Waals surface area contributed by atoms with Gasteiger partial charge in [-0.25, -0.2) is 0 Å². The van der Waals surface area contributed by atoms with Crippen LogP contribution in [0, 0.1) is 0 Å². The van der Waals surface area contributed by atoms with Crippen molar-refractivity contribution in [1.29, 1.82) is 0 Å². The second-order valence-corrected chi connectivity index (χ2v) is 7.51. The molecule has 0 atom stereocenters. The van der Waals surface area contributed by atoms with Crippen molar-refractivity contribution in [3.8, 4) is 0 Å². The molecule has 0 fully saturated rings. The van der Waals surface area contributed by atoms with E-state index in [1.807, 2.05) is 12.3 Å². The van der Waals surface area contributed by atoms with Crippen LogP contribution in [0.1, 0.15) is 11.1 Å². The van der Waals surface area contributed by atoms with Crippen molar-refractivity contribution in [2.45, 2.75) is 0 Å². The quantitative estimate of drug-likeness (QED) is 0.511. The number of fused-ring (bicyclic) bond motifs is 2. The van der Waals surface area contributed by atoms with Crippen LogP contribution in [0.3, 0.4) is 0 Å². The molecule has 1 heterocycles. The third kappa shape index (κ3) is 1.90. The Hall–Kier alpha value is -1.14. The summed E-state index contributed by atoms with van der Waals surface area (Å²) in [4.78, 5) is 4.56. The van der Waals surface area contributed by atoms with Crippen molar-refractivity contribution in [3.63, 3.8) is 0 Å². The van der Waals surface area contributed by atoms with E-state index in [0.717, 1.165) is 5.69 Å². The van der Waals surface area contributed by atoms with Crippen molar-refractivity contribution >= 4 is 41.6 Å². The summed E-state index contributed by atoms with van der Waals surface area (Å²) < 4.78 is 3.94. The van der Waals surface area contributed by atoms with Crippen molar-refractivity contribution in [1.82, 2.24) is 0 Å². The molecule has 2 aromatic carbocycles. The first-order valence-corrected chi connectivity index (χ1v) is 8.94. The fourth-order valence-electron chi connectivity index (χ4n) is 1.71. The van der Waals surface area contributed by atoms with Crippen LogP contribution in [-0.4, -0.2) is 32.7 Å². The molecular weight excluding hydrogens is 391 g/mol. The van der Waals surface area contributed by atoms with E-state index < -0.39 is 22.8 Å². The van der Waals surface area contributed by atoms with E-state index >= 15 is 0 Å². The molecule has 1 nitrogen and oxygen atoms in total. The summed E-state index contributed by atoms with van der Waals surface area (Å²) in [5.41, 5.74) is 3.69. The standard InChI is InChI=1S/C14H10N.Bi/c1-12-7-5-6-10-14(12)15-11-13-8-3-2-4-9-13;/h1-8,10-11H;. The molecule has 2 heteroatoms. The molecule has 0 spiro atoms. The van der Waals surface area contributed by atoms with E-state index in [1.54, 1.807) is 0 Å². The van der Waals surface area contributed by atoms with Gasteiger partial charge in [0.2, 0.25) is 0 Å². The van der Waals surface area contributed by atoms with E-state index in [2.05, 4.69) is 51.2 Å². The second kappa shape index (κ2) is 4.39. The van der Waals surface area contributed by atoms with Gasteiger partial charge in [0.1, 0.15) is 0 Å². The molecule has 0 amide bonds. The predicted molar refractivity (Wildman–Crippen MR) is 70.7 cm³/mol. The van der Waals surface area contributed by atoms with Gasteiger partial charge in [0.15, 0.2) is 0 Å². The minimum atomic E-state index is -0.714. The molecule has 1 aliphatic rings. The maximum atomic E-state index is 4.56. The van der Waals surface area contributed by atoms with E-state index in [4.69, 9.17) is 0 Å². The first kappa shape index (κ1) is 10.0. The molecule has 0 aliphatic carbocycles. The zero-order valence-electron chi connectivity index (χ0n) is 8.67. The Morgan fingerprint density at radius 2 is 1.56 bits per heavy atom. The number of hydrogen-bond acceptors (Lipinski definition) is 1. The monoisotopic (exact) mass is 401 g/mol. The van der Waals surface area contributed by atoms with E-state index in [0.29, 0.717) is 0 Å². The van der Waals surface area contributed by atoms with Gasteiger partial charge in [0, 0.05) is 0 Å². The predicted octanol–water partition coefficient (Wildman–Crippen LogP) is 1.93. The third-order valence-corrected chi connectivity index (χ3v) is 6.81. The maximum absolute atomic E-state index is 4.56. The molecule has 16 heavy (non-hydrogen) atoms. The van der Waals surface area contributed by atoms with Gasteiger partial charge in [0.05, 0.1) is 0 Å². The van der Waals surface area contributed by atoms with Crippen LogP contribution >= 0.6 is 0 Å². The normalized spacial score (nSPS) is 12.5. The number of hydrogen-bond donors (Lipinski definition) is 0. The molecule has 0 unspecified atom stereocenters. The summed E-state index contributed by atoms with van der Waals surface area (Å²) in [6.07, 6.45) is 2.00. The van der Waals surface area contributed by atoms with Gasteiger partial charge in [-0.3, -0.25) is 0 Å². The Bertz CT molecular complexity index is 481. The van der Waals surface area contributed by atoms with Gasteiger partial charge in [-0.05, 0) is 0 Å². The fourth-order valence-corrected chi connectivity index (χ4v) is 5.40. The van der Waals surface area contributed by atoms with Crippen molar-refractivity contribution < 1.29 is 0 Å². The van der Waals surface area contributed by atoms with Gasteiger partial charge >= 0.3 is 106 Å². The van der Waals surface area contributed by atoms with Crippen molar-refractivity contribution in [3.05, 3.63) is 59.7 Å². The molecular formula is C14H10BiN. The van der Waals surface area contributed by atoms with Crippen LogP contribution in [0.25, 0.3) is 0 Å². The van der Waals surface area contributed by atoms with Gasteiger partial charge in [-0.15, -0.1) is 0 Å². The minimum absolute atomic E-state index is 0.714. The molecule has 3 rings (SSSR count). The van der Waals surface area contributed by atoms with Gasteiger partial charge in [0.25, 0.3) is 0 Å². The van der Waals surface area contributed by atoms with Crippen molar-refractivity contribution in [2.75, 3.05) is 0 Å². The van der Waals surface area contributed by atoms with Crippen LogP contribution in [-0.2, 0) is 0 Å². The summed E-state index contributed by atoms with van der Waals surface area (Å²) in [7, 11) is 0. The summed E-state index contributed by atoms with van der Waals surface area (Å²) in [6.45, 7) is 0. The average molecular weight is 401 g/mol. The van der Waals surface area contributed by atoms with Crippen LogP contribution in [0.2, 0.25) is 0 Å². The number of para-hydroxylation sites is 1. The molecule has 0 aromatic heterocycles. The van der Waals surface area contributed by atoms with Crippen LogP contribution in [0.4, 0.5) is 5.69 Å². The SMILES string of the molecule is C1=Nc2ccccc2[CH]=[Bi][c]2ccccc21. The molecule has 0 bridgehead atoms. The van der Waals surface area contributed by atoms with Gasteiger partial charge in [-0.2, -0.15) is 0 Å². The summed E-state index contributed by atoms with van der Waals surface area (Å²) >= 11 is -0.714. The first-order chi connectivity index (χ1) is 7.93. The summed E-state index contributed by atoms with van der Waals surface area (Å²) in [5.74, 6) is 0. The van der Waals surface area contributed by atoms with Crippen molar-refractivity contribution in [2.24, 2.45) is 4.99 Å². The number of nitrogens with zero attached hydrogens (tertiary/aromatic N) is 1. The van der Waals surface area contributed by atoms with E-state index in [-0.39, 0.29) is 0 Å². The number of benzene rings is 2. The van der Waals surface area contributed by atoms with Crippen LogP contribution in [0.5, 0.6) is 0 Å². The van der Waals surface area contributed by atoms with Crippen LogP contribution < -0.4 is 3.27 Å². The number of aliphatic imine (C=N–C) groups is 1. The van der Waals surface area contributed by atoms with E-state index in [9.17, 15) is 0 Å². The Labute approximate surface area is 106 Å². The van der Waals surface area contributed by atoms with Gasteiger partial charge in [-0.1, -0.05) is 0 Å². The topological polar surface area (TPSA) is 12.4 Å². The molecule has 1 aliphatic heterocycles. The molecule has 0 saturated heterocycles. The molecule has 76 valence electrons. The fraction of sp³-hybridized carbons (Fsp3) is 0. The number of rotatable bonds is 0. The molecule has 0 N–H and O–H groups in total.